The summed E-state index contributed by atoms with van der Waals surface area (Å²) in [5.74, 6) is -0.393. The van der Waals surface area contributed by atoms with Gasteiger partial charge in [0.2, 0.25) is 0 Å². The van der Waals surface area contributed by atoms with Crippen LogP contribution in [0.5, 0.6) is 0 Å². The van der Waals surface area contributed by atoms with E-state index in [1.807, 2.05) is 20.8 Å². The van der Waals surface area contributed by atoms with Gasteiger partial charge < -0.3 is 10.1 Å². The van der Waals surface area contributed by atoms with Crippen molar-refractivity contribution < 1.29 is 13.9 Å². The maximum absolute atomic E-state index is 13.2. The topological polar surface area (TPSA) is 41.6 Å². The van der Waals surface area contributed by atoms with Crippen molar-refractivity contribution in [2.24, 2.45) is 0 Å². The molecule has 1 heterocycles. The quantitative estimate of drug-likeness (QED) is 0.903. The van der Waals surface area contributed by atoms with Gasteiger partial charge in [0.25, 0.3) is 0 Å². The van der Waals surface area contributed by atoms with Gasteiger partial charge in [-0.15, -0.1) is 0 Å². The van der Waals surface area contributed by atoms with Crippen LogP contribution in [0.1, 0.15) is 39.2 Å². The zero-order valence-corrected chi connectivity index (χ0v) is 14.6. The molecule has 0 unspecified atom stereocenters. The van der Waals surface area contributed by atoms with Gasteiger partial charge in [-0.1, -0.05) is 17.7 Å². The van der Waals surface area contributed by atoms with E-state index < -0.39 is 11.4 Å². The summed E-state index contributed by atoms with van der Waals surface area (Å²) in [7, 11) is 0. The number of hydrogen-bond acceptors (Lipinski definition) is 3. The van der Waals surface area contributed by atoms with Crippen molar-refractivity contribution in [1.29, 1.82) is 0 Å². The van der Waals surface area contributed by atoms with Crippen molar-refractivity contribution in [3.05, 3.63) is 34.6 Å². The van der Waals surface area contributed by atoms with Crippen molar-refractivity contribution in [2.75, 3.05) is 13.1 Å². The molecule has 23 heavy (non-hydrogen) atoms. The Balaban J connectivity index is 1.77. The van der Waals surface area contributed by atoms with Gasteiger partial charge in [-0.25, -0.2) is 9.18 Å². The predicted molar refractivity (Wildman–Crippen MR) is 89.1 cm³/mol. The van der Waals surface area contributed by atoms with E-state index in [1.165, 1.54) is 6.07 Å². The molecule has 1 saturated heterocycles. The van der Waals surface area contributed by atoms with Crippen LogP contribution < -0.4 is 5.32 Å². The molecule has 1 N–H and O–H groups in total. The molecule has 4 nitrogen and oxygen atoms in total. The number of carbonyl (C=O) groups excluding carboxylic acids is 1. The van der Waals surface area contributed by atoms with Crippen LogP contribution in [0, 0.1) is 5.82 Å². The number of benzene rings is 1. The number of rotatable bonds is 3. The van der Waals surface area contributed by atoms with Crippen molar-refractivity contribution in [3.8, 4) is 0 Å². The van der Waals surface area contributed by atoms with Crippen molar-refractivity contribution in [2.45, 2.75) is 51.8 Å². The zero-order valence-electron chi connectivity index (χ0n) is 13.9. The van der Waals surface area contributed by atoms with Crippen molar-refractivity contribution >= 4 is 17.7 Å². The number of likely N-dealkylation sites (tertiary alicyclic amines) is 1. The molecular formula is C17H24ClFN2O2. The molecule has 0 spiro atoms. The Morgan fingerprint density at radius 3 is 2.61 bits per heavy atom. The Bertz CT molecular complexity index is 552. The SMILES string of the molecule is CC(C)(C)OC(=O)NC1CCN(Cc2ccc(F)c(Cl)c2)CC1. The van der Waals surface area contributed by atoms with Crippen LogP contribution in [0.25, 0.3) is 0 Å². The van der Waals surface area contributed by atoms with Gasteiger partial charge in [-0.3, -0.25) is 4.90 Å². The van der Waals surface area contributed by atoms with Crippen LogP contribution >= 0.6 is 11.6 Å². The lowest BCUT2D eigenvalue weighted by molar-refractivity contribution is 0.0477. The fourth-order valence-electron chi connectivity index (χ4n) is 2.61. The molecule has 0 saturated carbocycles. The maximum atomic E-state index is 13.2. The smallest absolute Gasteiger partial charge is 0.407 e. The minimum Gasteiger partial charge on any atom is -0.444 e. The number of nitrogens with one attached hydrogen (secondary N) is 1. The van der Waals surface area contributed by atoms with Gasteiger partial charge >= 0.3 is 6.09 Å². The average Bonchev–Trinajstić information content (AvgIpc) is 2.43. The van der Waals surface area contributed by atoms with E-state index in [4.69, 9.17) is 16.3 Å². The third kappa shape index (κ3) is 5.99. The summed E-state index contributed by atoms with van der Waals surface area (Å²) in [5.41, 5.74) is 0.516. The van der Waals surface area contributed by atoms with Crippen molar-refractivity contribution in [1.82, 2.24) is 10.2 Å². The molecule has 6 heteroatoms. The number of ether oxygens (including phenoxy) is 1. The van der Waals surface area contributed by atoms with E-state index in [0.717, 1.165) is 38.0 Å². The third-order valence-electron chi connectivity index (χ3n) is 3.70. The van der Waals surface area contributed by atoms with Gasteiger partial charge in [0, 0.05) is 25.7 Å². The van der Waals surface area contributed by atoms with Gasteiger partial charge in [0.1, 0.15) is 11.4 Å². The highest BCUT2D eigenvalue weighted by atomic mass is 35.5. The Hall–Kier alpha value is -1.33. The van der Waals surface area contributed by atoms with Crippen LogP contribution in [0.3, 0.4) is 0 Å². The molecule has 1 amide bonds. The van der Waals surface area contributed by atoms with Gasteiger partial charge in [-0.2, -0.15) is 0 Å². The molecule has 1 fully saturated rings. The lowest BCUT2D eigenvalue weighted by Gasteiger charge is -2.32. The Morgan fingerprint density at radius 2 is 2.04 bits per heavy atom. The third-order valence-corrected chi connectivity index (χ3v) is 3.99. The Labute approximate surface area is 141 Å². The monoisotopic (exact) mass is 342 g/mol. The first kappa shape index (κ1) is 18.0. The molecule has 0 aromatic heterocycles. The second kappa shape index (κ2) is 7.49. The molecule has 0 bridgehead atoms. The molecule has 0 radical (unpaired) electrons. The minimum absolute atomic E-state index is 0.137. The molecule has 1 aromatic carbocycles. The van der Waals surface area contributed by atoms with E-state index in [9.17, 15) is 9.18 Å². The van der Waals surface area contributed by atoms with Gasteiger partial charge in [0.05, 0.1) is 5.02 Å². The number of hydrogen-bond donors (Lipinski definition) is 1. The van der Waals surface area contributed by atoms with E-state index in [1.54, 1.807) is 12.1 Å². The van der Waals surface area contributed by atoms with Crippen LogP contribution in [-0.2, 0) is 11.3 Å². The summed E-state index contributed by atoms with van der Waals surface area (Å²) in [6.45, 7) is 8.03. The average molecular weight is 343 g/mol. The molecular weight excluding hydrogens is 319 g/mol. The molecule has 1 aliphatic rings. The van der Waals surface area contributed by atoms with Crippen LogP contribution in [0.15, 0.2) is 18.2 Å². The number of halogens is 2. The summed E-state index contributed by atoms with van der Waals surface area (Å²) in [5, 5.41) is 3.07. The highest BCUT2D eigenvalue weighted by molar-refractivity contribution is 6.30. The second-order valence-electron chi connectivity index (χ2n) is 6.95. The van der Waals surface area contributed by atoms with E-state index >= 15 is 0 Å². The molecule has 1 aliphatic heterocycles. The summed E-state index contributed by atoms with van der Waals surface area (Å²) in [6.07, 6.45) is 1.38. The number of alkyl carbamates (subject to hydrolysis) is 1. The summed E-state index contributed by atoms with van der Waals surface area (Å²) in [6, 6.07) is 4.96. The Morgan fingerprint density at radius 1 is 1.39 bits per heavy atom. The fraction of sp³-hybridized carbons (Fsp3) is 0.588. The first-order valence-corrected chi connectivity index (χ1v) is 8.26. The first-order chi connectivity index (χ1) is 10.7. The van der Waals surface area contributed by atoms with Gasteiger partial charge in [-0.05, 0) is 51.3 Å². The number of amides is 1. The van der Waals surface area contributed by atoms with E-state index in [2.05, 4.69) is 10.2 Å². The molecule has 0 atom stereocenters. The minimum atomic E-state index is -0.480. The second-order valence-corrected chi connectivity index (χ2v) is 7.35. The largest absolute Gasteiger partial charge is 0.444 e. The first-order valence-electron chi connectivity index (χ1n) is 7.89. The fourth-order valence-corrected chi connectivity index (χ4v) is 2.81. The lowest BCUT2D eigenvalue weighted by atomic mass is 10.0. The summed E-state index contributed by atoms with van der Waals surface area (Å²) >= 11 is 5.81. The van der Waals surface area contributed by atoms with E-state index in [-0.39, 0.29) is 17.2 Å². The van der Waals surface area contributed by atoms with Crippen molar-refractivity contribution in [3.63, 3.8) is 0 Å². The molecule has 1 aromatic rings. The summed E-state index contributed by atoms with van der Waals surface area (Å²) in [4.78, 5) is 14.0. The number of nitrogens with zero attached hydrogens (tertiary/aromatic N) is 1. The highest BCUT2D eigenvalue weighted by Gasteiger charge is 2.23. The lowest BCUT2D eigenvalue weighted by Crippen LogP contribution is -2.45. The Kier molecular flexibility index (Phi) is 5.87. The normalized spacial score (nSPS) is 17.1. The van der Waals surface area contributed by atoms with Crippen LogP contribution in [-0.4, -0.2) is 35.7 Å². The van der Waals surface area contributed by atoms with E-state index in [0.29, 0.717) is 0 Å². The van der Waals surface area contributed by atoms with Gasteiger partial charge in [0.15, 0.2) is 0 Å². The van der Waals surface area contributed by atoms with Crippen LogP contribution in [0.4, 0.5) is 9.18 Å². The highest BCUT2D eigenvalue weighted by Crippen LogP contribution is 2.19. The zero-order chi connectivity index (χ0) is 17.0. The van der Waals surface area contributed by atoms with Crippen LogP contribution in [0.2, 0.25) is 5.02 Å². The molecule has 2 rings (SSSR count). The number of piperidine rings is 1. The number of carbonyl (C=O) groups is 1. The molecule has 0 aliphatic carbocycles. The predicted octanol–water partition coefficient (Wildman–Crippen LogP) is 3.97. The maximum Gasteiger partial charge on any atom is 0.407 e. The standard InChI is InChI=1S/C17H24ClFN2O2/c1-17(2,3)23-16(22)20-13-6-8-21(9-7-13)11-12-4-5-15(19)14(18)10-12/h4-5,10,13H,6-9,11H2,1-3H3,(H,20,22). The molecule has 128 valence electrons. The summed E-state index contributed by atoms with van der Waals surface area (Å²) < 4.78 is 18.4.